The summed E-state index contributed by atoms with van der Waals surface area (Å²) >= 11 is 0. The van der Waals surface area contributed by atoms with Crippen LogP contribution in [0.3, 0.4) is 0 Å². The lowest BCUT2D eigenvalue weighted by Gasteiger charge is -2.42. The van der Waals surface area contributed by atoms with Crippen LogP contribution in [0.1, 0.15) is 30.4 Å². The van der Waals surface area contributed by atoms with Gasteiger partial charge in [0.2, 0.25) is 5.91 Å². The molecule has 6 heteroatoms. The van der Waals surface area contributed by atoms with E-state index in [4.69, 9.17) is 9.47 Å². The van der Waals surface area contributed by atoms with E-state index in [1.807, 2.05) is 78.7 Å². The predicted octanol–water partition coefficient (Wildman–Crippen LogP) is 5.11. The van der Waals surface area contributed by atoms with Crippen LogP contribution in [-0.4, -0.2) is 54.7 Å². The van der Waals surface area contributed by atoms with Gasteiger partial charge in [0.05, 0.1) is 13.7 Å². The summed E-state index contributed by atoms with van der Waals surface area (Å²) in [6.07, 6.45) is 2.19. The first kappa shape index (κ1) is 25.6. The number of hydrogen-bond donors (Lipinski definition) is 1. The number of methoxy groups -OCH3 is 1. The minimum atomic E-state index is -0.226. The average Bonchev–Trinajstić information content (AvgIpc) is 2.90. The Balaban J connectivity index is 1.41. The highest BCUT2D eigenvalue weighted by Crippen LogP contribution is 2.37. The van der Waals surface area contributed by atoms with Crippen LogP contribution in [0.2, 0.25) is 0 Å². The molecule has 36 heavy (non-hydrogen) atoms. The zero-order valence-corrected chi connectivity index (χ0v) is 21.2. The zero-order valence-electron chi connectivity index (χ0n) is 21.2. The van der Waals surface area contributed by atoms with E-state index in [0.29, 0.717) is 25.3 Å². The number of likely N-dealkylation sites (tertiary alicyclic amines) is 1. The minimum absolute atomic E-state index is 0.143. The molecule has 1 aliphatic heterocycles. The molecule has 3 aromatic carbocycles. The van der Waals surface area contributed by atoms with E-state index in [0.717, 1.165) is 49.4 Å². The highest BCUT2D eigenvalue weighted by molar-refractivity contribution is 5.76. The van der Waals surface area contributed by atoms with E-state index in [1.165, 1.54) is 0 Å². The first-order chi connectivity index (χ1) is 17.5. The van der Waals surface area contributed by atoms with Gasteiger partial charge in [-0.2, -0.15) is 0 Å². The molecule has 4 rings (SSSR count). The Morgan fingerprint density at radius 1 is 0.972 bits per heavy atom. The number of para-hydroxylation sites is 1. The van der Waals surface area contributed by atoms with E-state index in [1.54, 1.807) is 19.2 Å². The van der Waals surface area contributed by atoms with Gasteiger partial charge in [-0.3, -0.25) is 9.69 Å². The molecular weight excluding hydrogens is 452 g/mol. The normalized spacial score (nSPS) is 15.3. The summed E-state index contributed by atoms with van der Waals surface area (Å²) < 4.78 is 11.4. The van der Waals surface area contributed by atoms with Gasteiger partial charge in [-0.25, -0.2) is 0 Å². The van der Waals surface area contributed by atoms with Crippen LogP contribution in [0.25, 0.3) is 0 Å². The molecule has 1 amide bonds. The summed E-state index contributed by atoms with van der Waals surface area (Å²) in [6, 6.07) is 25.5. The first-order valence-electron chi connectivity index (χ1n) is 12.5. The van der Waals surface area contributed by atoms with E-state index < -0.39 is 0 Å². The number of piperidine rings is 1. The number of rotatable bonds is 10. The van der Waals surface area contributed by atoms with Gasteiger partial charge in [-0.05, 0) is 61.3 Å². The SMILES string of the molecule is COc1ccc(CN2CCC(COc3ccccc3)(CC(=O)N(C)Cc3ccccc3)CC2)cc1O. The van der Waals surface area contributed by atoms with Crippen molar-refractivity contribution < 1.29 is 19.4 Å². The first-order valence-corrected chi connectivity index (χ1v) is 12.5. The molecule has 0 spiro atoms. The monoisotopic (exact) mass is 488 g/mol. The number of phenolic OH excluding ortho intramolecular Hbond substituents is 1. The maximum absolute atomic E-state index is 13.3. The number of carbonyl (C=O) groups excluding carboxylic acids is 1. The standard InChI is InChI=1S/C30H36N2O4/c1-31(21-24-9-5-3-6-10-24)29(34)20-30(23-36-26-11-7-4-8-12-26)15-17-32(18-16-30)22-25-13-14-28(35-2)27(33)19-25/h3-14,19,33H,15-18,20-23H2,1-2H3. The van der Waals surface area contributed by atoms with Gasteiger partial charge in [0.25, 0.3) is 0 Å². The fraction of sp³-hybridized carbons (Fsp3) is 0.367. The lowest BCUT2D eigenvalue weighted by Crippen LogP contribution is -2.45. The van der Waals surface area contributed by atoms with Crippen LogP contribution in [0.15, 0.2) is 78.9 Å². The summed E-state index contributed by atoms with van der Waals surface area (Å²) in [5.74, 6) is 1.61. The molecule has 0 bridgehead atoms. The summed E-state index contributed by atoms with van der Waals surface area (Å²) in [4.78, 5) is 17.5. The Labute approximate surface area is 214 Å². The molecule has 1 saturated heterocycles. The molecule has 0 aromatic heterocycles. The van der Waals surface area contributed by atoms with Crippen molar-refractivity contribution in [1.82, 2.24) is 9.80 Å². The third-order valence-corrected chi connectivity index (χ3v) is 7.07. The zero-order chi connectivity index (χ0) is 25.4. The van der Waals surface area contributed by atoms with E-state index in [2.05, 4.69) is 4.90 Å². The van der Waals surface area contributed by atoms with Crippen molar-refractivity contribution in [3.05, 3.63) is 90.0 Å². The lowest BCUT2D eigenvalue weighted by molar-refractivity contribution is -0.134. The van der Waals surface area contributed by atoms with Gasteiger partial charge >= 0.3 is 0 Å². The topological polar surface area (TPSA) is 62.2 Å². The summed E-state index contributed by atoms with van der Waals surface area (Å²) in [5, 5.41) is 10.1. The Kier molecular flexibility index (Phi) is 8.49. The second-order valence-corrected chi connectivity index (χ2v) is 9.80. The molecule has 0 atom stereocenters. The van der Waals surface area contributed by atoms with Crippen LogP contribution in [0, 0.1) is 5.41 Å². The average molecular weight is 489 g/mol. The molecule has 1 aliphatic rings. The van der Waals surface area contributed by atoms with Gasteiger partial charge < -0.3 is 19.5 Å². The highest BCUT2D eigenvalue weighted by Gasteiger charge is 2.38. The molecular formula is C30H36N2O4. The molecule has 6 nitrogen and oxygen atoms in total. The lowest BCUT2D eigenvalue weighted by atomic mass is 9.75. The number of amides is 1. The number of carbonyl (C=O) groups is 1. The molecule has 0 unspecified atom stereocenters. The van der Waals surface area contributed by atoms with E-state index >= 15 is 0 Å². The Hall–Kier alpha value is -3.51. The highest BCUT2D eigenvalue weighted by atomic mass is 16.5. The second-order valence-electron chi connectivity index (χ2n) is 9.80. The quantitative estimate of drug-likeness (QED) is 0.430. The van der Waals surface area contributed by atoms with Crippen LogP contribution >= 0.6 is 0 Å². The van der Waals surface area contributed by atoms with Gasteiger partial charge in [0, 0.05) is 32.0 Å². The number of aromatic hydroxyl groups is 1. The summed E-state index contributed by atoms with van der Waals surface area (Å²) in [6.45, 7) is 3.58. The Bertz CT molecular complexity index is 1110. The number of benzene rings is 3. The molecule has 1 fully saturated rings. The number of nitrogens with zero attached hydrogens (tertiary/aromatic N) is 2. The summed E-state index contributed by atoms with van der Waals surface area (Å²) in [5.41, 5.74) is 1.94. The van der Waals surface area contributed by atoms with Crippen LogP contribution < -0.4 is 9.47 Å². The molecule has 1 N–H and O–H groups in total. The smallest absolute Gasteiger partial charge is 0.223 e. The molecule has 190 valence electrons. The molecule has 0 radical (unpaired) electrons. The molecule has 1 heterocycles. The van der Waals surface area contributed by atoms with Crippen molar-refractivity contribution in [3.8, 4) is 17.2 Å². The van der Waals surface area contributed by atoms with Gasteiger partial charge in [0.15, 0.2) is 11.5 Å². The molecule has 0 aliphatic carbocycles. The second kappa shape index (κ2) is 12.0. The molecule has 0 saturated carbocycles. The van der Waals surface area contributed by atoms with E-state index in [9.17, 15) is 9.90 Å². The third kappa shape index (κ3) is 6.79. The van der Waals surface area contributed by atoms with Crippen molar-refractivity contribution in [2.45, 2.75) is 32.4 Å². The number of hydrogen-bond acceptors (Lipinski definition) is 5. The molecule has 3 aromatic rings. The number of ether oxygens (including phenoxy) is 2. The van der Waals surface area contributed by atoms with Gasteiger partial charge in [0.1, 0.15) is 5.75 Å². The number of phenols is 1. The predicted molar refractivity (Wildman–Crippen MR) is 141 cm³/mol. The fourth-order valence-corrected chi connectivity index (χ4v) is 4.80. The van der Waals surface area contributed by atoms with Gasteiger partial charge in [-0.1, -0.05) is 54.6 Å². The Morgan fingerprint density at radius 3 is 2.28 bits per heavy atom. The van der Waals surface area contributed by atoms with Crippen molar-refractivity contribution in [1.29, 1.82) is 0 Å². The summed E-state index contributed by atoms with van der Waals surface area (Å²) in [7, 11) is 3.43. The van der Waals surface area contributed by atoms with Gasteiger partial charge in [-0.15, -0.1) is 0 Å². The van der Waals surface area contributed by atoms with E-state index in [-0.39, 0.29) is 17.1 Å². The van der Waals surface area contributed by atoms with Crippen LogP contribution in [0.4, 0.5) is 0 Å². The third-order valence-electron chi connectivity index (χ3n) is 7.07. The van der Waals surface area contributed by atoms with Crippen molar-refractivity contribution in [2.24, 2.45) is 5.41 Å². The van der Waals surface area contributed by atoms with Crippen molar-refractivity contribution in [2.75, 3.05) is 33.9 Å². The maximum atomic E-state index is 13.3. The largest absolute Gasteiger partial charge is 0.504 e. The fourth-order valence-electron chi connectivity index (χ4n) is 4.80. The minimum Gasteiger partial charge on any atom is -0.504 e. The van der Waals surface area contributed by atoms with Crippen LogP contribution in [0.5, 0.6) is 17.2 Å². The van der Waals surface area contributed by atoms with Crippen molar-refractivity contribution in [3.63, 3.8) is 0 Å². The van der Waals surface area contributed by atoms with Crippen molar-refractivity contribution >= 4 is 5.91 Å². The maximum Gasteiger partial charge on any atom is 0.223 e. The Morgan fingerprint density at radius 2 is 1.64 bits per heavy atom. The van der Waals surface area contributed by atoms with Crippen LogP contribution in [-0.2, 0) is 17.9 Å².